The molecular formula is C63H74ClFN14O9. The van der Waals surface area contributed by atoms with Gasteiger partial charge in [-0.15, -0.1) is 0 Å². The van der Waals surface area contributed by atoms with Gasteiger partial charge in [-0.3, -0.25) is 19.2 Å². The van der Waals surface area contributed by atoms with Gasteiger partial charge in [-0.2, -0.15) is 20.0 Å². The van der Waals surface area contributed by atoms with Crippen LogP contribution in [-0.4, -0.2) is 129 Å². The largest absolute Gasteiger partial charge is 0.461 e. The van der Waals surface area contributed by atoms with Crippen molar-refractivity contribution in [3.63, 3.8) is 0 Å². The summed E-state index contributed by atoms with van der Waals surface area (Å²) in [4.78, 5) is 94.3. The summed E-state index contributed by atoms with van der Waals surface area (Å²) in [6, 6.07) is 19.5. The van der Waals surface area contributed by atoms with Gasteiger partial charge in [0.25, 0.3) is 16.7 Å². The summed E-state index contributed by atoms with van der Waals surface area (Å²) in [5.41, 5.74) is 1.72. The molecule has 88 heavy (non-hydrogen) atoms. The molecule has 5 aromatic heterocycles. The van der Waals surface area contributed by atoms with Crippen LogP contribution in [0.1, 0.15) is 106 Å². The van der Waals surface area contributed by atoms with Gasteiger partial charge < -0.3 is 44.4 Å². The number of pyridine rings is 2. The highest BCUT2D eigenvalue weighted by Gasteiger charge is 2.44. The molecule has 23 nitrogen and oxygen atoms in total. The van der Waals surface area contributed by atoms with Crippen LogP contribution in [0.2, 0.25) is 5.15 Å². The molecule has 0 spiro atoms. The van der Waals surface area contributed by atoms with Gasteiger partial charge in [0, 0.05) is 93.9 Å². The topological polar surface area (TPSA) is 246 Å². The highest BCUT2D eigenvalue weighted by molar-refractivity contribution is 6.29. The van der Waals surface area contributed by atoms with Crippen molar-refractivity contribution in [2.75, 3.05) is 46.6 Å². The molecule has 0 saturated carbocycles. The number of ether oxygens (including phenoxy) is 3. The number of carbonyl (C=O) groups is 3. The standard InChI is InChI=1S/C42H47FN8O6.C21H27ClN6O3/c1-24(52)56-23-31-30(10-9-11-35(31)51-39(54)37-25(19-45-51)16-26(17-32(37)43)41(2,3)4)33-18-34(38(53)48(8)47-33)46-36-15-14-27(20-44-36)50-28-12-13-29(50)22-49(21-28)40(55)57-42(5,6)7;1-21(2,3)31-20(30)27-11-14-5-6-15(12-27)28(14)13-7-8-18(23-10-13)24-16-9-17(22)25-26(4)19(16)29/h9-11,14-20,28-29H,12-13,21-23H2,1-8H3,(H,44,46);7-10,14-15H,5-6,11-12H2,1-4H3,(H,23,24). The number of likely N-dealkylation sites (tertiary alicyclic amines) is 2. The van der Waals surface area contributed by atoms with E-state index in [1.54, 1.807) is 60.7 Å². The highest BCUT2D eigenvalue weighted by Crippen LogP contribution is 2.38. The Morgan fingerprint density at radius 1 is 0.648 bits per heavy atom. The summed E-state index contributed by atoms with van der Waals surface area (Å²) >= 11 is 5.95. The fourth-order valence-electron chi connectivity index (χ4n) is 11.8. The SMILES string of the molecule is CC(=O)OCc1c(-c2cc(Nc3ccc(N4C5CCC4CN(C(=O)OC(C)(C)C)C5)cn3)c(=O)n(C)n2)cccc1-n1ncc2cc(C(C)(C)C)cc(F)c2c1=O.Cn1nc(Cl)cc(Nc2ccc(N3C4CCC3CN(C(=O)OC(C)(C)C)C4)cn2)c1=O. The Bertz CT molecular complexity index is 3980. The van der Waals surface area contributed by atoms with Crippen LogP contribution in [0, 0.1) is 5.82 Å². The van der Waals surface area contributed by atoms with E-state index in [4.69, 9.17) is 25.8 Å². The molecule has 4 bridgehead atoms. The smallest absolute Gasteiger partial charge is 0.410 e. The number of rotatable bonds is 10. The number of aromatic nitrogens is 8. The first-order valence-electron chi connectivity index (χ1n) is 29.3. The van der Waals surface area contributed by atoms with Crippen molar-refractivity contribution in [2.45, 2.75) is 142 Å². The Hall–Kier alpha value is -8.93. The normalized spacial score (nSPS) is 18.2. The summed E-state index contributed by atoms with van der Waals surface area (Å²) in [5.74, 6) is -0.256. The van der Waals surface area contributed by atoms with E-state index in [0.717, 1.165) is 47.3 Å². The van der Waals surface area contributed by atoms with Crippen molar-refractivity contribution < 1.29 is 33.0 Å². The molecule has 4 aliphatic heterocycles. The van der Waals surface area contributed by atoms with Crippen LogP contribution < -0.4 is 37.1 Å². The van der Waals surface area contributed by atoms with Crippen LogP contribution in [0.3, 0.4) is 0 Å². The quantitative estimate of drug-likeness (QED) is 0.0956. The number of aryl methyl sites for hydroxylation is 2. The average Bonchev–Trinajstić information content (AvgIpc) is 1.35. The van der Waals surface area contributed by atoms with Crippen LogP contribution in [-0.2, 0) is 45.1 Å². The van der Waals surface area contributed by atoms with E-state index in [1.807, 2.05) is 85.4 Å². The van der Waals surface area contributed by atoms with Gasteiger partial charge in [-0.05, 0) is 127 Å². The zero-order chi connectivity index (χ0) is 63.3. The Kier molecular flexibility index (Phi) is 17.2. The van der Waals surface area contributed by atoms with Crippen molar-refractivity contribution in [2.24, 2.45) is 14.1 Å². The molecule has 2 amide bonds. The van der Waals surface area contributed by atoms with E-state index < -0.39 is 34.1 Å². The van der Waals surface area contributed by atoms with Gasteiger partial charge in [0.1, 0.15) is 46.6 Å². The van der Waals surface area contributed by atoms with Crippen molar-refractivity contribution in [1.29, 1.82) is 0 Å². The molecule has 0 radical (unpaired) electrons. The lowest BCUT2D eigenvalue weighted by Gasteiger charge is -2.42. The molecule has 2 N–H and O–H groups in total. The van der Waals surface area contributed by atoms with Gasteiger partial charge in [0.15, 0.2) is 5.15 Å². The molecule has 25 heteroatoms. The molecule has 2 aromatic carbocycles. The lowest BCUT2D eigenvalue weighted by Crippen LogP contribution is -2.56. The maximum Gasteiger partial charge on any atom is 0.410 e. The van der Waals surface area contributed by atoms with Crippen molar-refractivity contribution in [3.8, 4) is 16.9 Å². The average molecular weight is 1230 g/mol. The van der Waals surface area contributed by atoms with E-state index in [1.165, 1.54) is 41.7 Å². The van der Waals surface area contributed by atoms with Crippen molar-refractivity contribution in [1.82, 2.24) is 49.1 Å². The third-order valence-electron chi connectivity index (χ3n) is 15.8. The number of anilines is 6. The van der Waals surface area contributed by atoms with E-state index in [0.29, 0.717) is 65.7 Å². The molecule has 4 aliphatic rings. The zero-order valence-corrected chi connectivity index (χ0v) is 52.3. The summed E-state index contributed by atoms with van der Waals surface area (Å²) in [5, 5.41) is 19.4. The van der Waals surface area contributed by atoms with Crippen LogP contribution in [0.4, 0.5) is 48.4 Å². The number of halogens is 2. The predicted molar refractivity (Wildman–Crippen MR) is 334 cm³/mol. The second-order valence-electron chi connectivity index (χ2n) is 25.7. The molecular weight excluding hydrogens is 1150 g/mol. The van der Waals surface area contributed by atoms with E-state index in [9.17, 15) is 28.8 Å². The maximum atomic E-state index is 15.6. The lowest BCUT2D eigenvalue weighted by molar-refractivity contribution is -0.142. The van der Waals surface area contributed by atoms with Crippen LogP contribution in [0.25, 0.3) is 27.7 Å². The molecule has 9 heterocycles. The molecule has 464 valence electrons. The zero-order valence-electron chi connectivity index (χ0n) is 51.6. The van der Waals surface area contributed by atoms with E-state index >= 15 is 4.39 Å². The number of hydrogen-bond acceptors (Lipinski definition) is 18. The first-order valence-corrected chi connectivity index (χ1v) is 29.7. The molecule has 4 saturated heterocycles. The second kappa shape index (κ2) is 24.3. The maximum absolute atomic E-state index is 15.6. The van der Waals surface area contributed by atoms with Crippen LogP contribution >= 0.6 is 11.6 Å². The van der Waals surface area contributed by atoms with E-state index in [2.05, 4.69) is 45.7 Å². The number of nitrogens with zero attached hydrogens (tertiary/aromatic N) is 12. The molecule has 7 aromatic rings. The summed E-state index contributed by atoms with van der Waals surface area (Å²) < 4.78 is 35.7. The molecule has 11 rings (SSSR count). The Morgan fingerprint density at radius 3 is 1.61 bits per heavy atom. The number of benzene rings is 2. The van der Waals surface area contributed by atoms with Gasteiger partial charge in [-0.1, -0.05) is 44.5 Å². The number of esters is 1. The van der Waals surface area contributed by atoms with Crippen LogP contribution in [0.15, 0.2) is 99.7 Å². The predicted octanol–water partition coefficient (Wildman–Crippen LogP) is 9.53. The summed E-state index contributed by atoms with van der Waals surface area (Å²) in [7, 11) is 3.06. The number of hydrogen-bond donors (Lipinski definition) is 2. The number of carbonyl (C=O) groups excluding carboxylic acids is 3. The highest BCUT2D eigenvalue weighted by atomic mass is 35.5. The summed E-state index contributed by atoms with van der Waals surface area (Å²) in [6.45, 7) is 20.5. The van der Waals surface area contributed by atoms with E-state index in [-0.39, 0.29) is 75.8 Å². The third-order valence-corrected chi connectivity index (χ3v) is 15.9. The number of nitrogens with one attached hydrogen (secondary N) is 2. The molecule has 4 atom stereocenters. The monoisotopic (exact) mass is 1220 g/mol. The Morgan fingerprint density at radius 2 is 1.15 bits per heavy atom. The Labute approximate surface area is 513 Å². The van der Waals surface area contributed by atoms with Gasteiger partial charge >= 0.3 is 18.2 Å². The Balaban J connectivity index is 0.000000232. The molecule has 4 unspecified atom stereocenters. The van der Waals surface area contributed by atoms with Gasteiger partial charge in [0.05, 0.1) is 46.7 Å². The molecule has 0 aliphatic carbocycles. The summed E-state index contributed by atoms with van der Waals surface area (Å²) in [6.07, 6.45) is 8.38. The minimum absolute atomic E-state index is 0.122. The number of amides is 2. The number of piperazine rings is 2. The van der Waals surface area contributed by atoms with Crippen molar-refractivity contribution in [3.05, 3.63) is 138 Å². The molecule has 4 fully saturated rings. The van der Waals surface area contributed by atoms with Crippen LogP contribution in [0.5, 0.6) is 0 Å². The minimum atomic E-state index is -0.685. The van der Waals surface area contributed by atoms with Gasteiger partial charge in [-0.25, -0.2) is 33.3 Å². The second-order valence-corrected chi connectivity index (χ2v) is 26.1. The fourth-order valence-corrected chi connectivity index (χ4v) is 12.0. The number of fused-ring (bicyclic) bond motifs is 5. The first kappa shape index (κ1) is 62.1. The fraction of sp³-hybridized carbons (Fsp3) is 0.444. The van der Waals surface area contributed by atoms with Crippen molar-refractivity contribution >= 4 is 74.9 Å². The first-order chi connectivity index (χ1) is 41.5. The minimum Gasteiger partial charge on any atom is -0.461 e. The lowest BCUT2D eigenvalue weighted by atomic mass is 9.86. The third kappa shape index (κ3) is 13.6. The van der Waals surface area contributed by atoms with Gasteiger partial charge in [0.2, 0.25) is 0 Å².